The summed E-state index contributed by atoms with van der Waals surface area (Å²) in [6.07, 6.45) is 6.58. The molecule has 174 valence electrons. The fourth-order valence-electron chi connectivity index (χ4n) is 3.63. The minimum atomic E-state index is -0.938. The van der Waals surface area contributed by atoms with Crippen LogP contribution < -0.4 is 10.6 Å². The number of carbonyl (C=O) groups excluding carboxylic acids is 1. The molecule has 0 aliphatic rings. The number of aryl methyl sites for hydroxylation is 2. The Balaban J connectivity index is 1.67. The number of hydrogen-bond acceptors (Lipinski definition) is 5. The van der Waals surface area contributed by atoms with E-state index in [9.17, 15) is 9.59 Å². The molecule has 0 saturated carbocycles. The largest absolute Gasteiger partial charge is 0.481 e. The second kappa shape index (κ2) is 11.3. The summed E-state index contributed by atoms with van der Waals surface area (Å²) in [5.74, 6) is -0.441. The highest BCUT2D eigenvalue weighted by molar-refractivity contribution is 5.94. The van der Waals surface area contributed by atoms with Crippen molar-refractivity contribution in [3.05, 3.63) is 71.2 Å². The summed E-state index contributed by atoms with van der Waals surface area (Å²) in [4.78, 5) is 27.3. The van der Waals surface area contributed by atoms with E-state index in [1.165, 1.54) is 5.56 Å². The standard InChI is InChI=1S/C25H31N5O3/c1-4-6-22(19-7-9-20(10-8-19)25(33)26-14-13-24(31)32)28-21-11-12-23(27-15-21)30-16-18(5-2)17(3)29-30/h7-12,15-16,22,28H,4-6,13-14H2,1-3H3,(H,26,33)(H,31,32). The molecule has 8 nitrogen and oxygen atoms in total. The topological polar surface area (TPSA) is 109 Å². The Morgan fingerprint density at radius 1 is 1.12 bits per heavy atom. The summed E-state index contributed by atoms with van der Waals surface area (Å²) in [7, 11) is 0. The molecule has 33 heavy (non-hydrogen) atoms. The molecule has 8 heteroatoms. The molecule has 0 radical (unpaired) electrons. The normalized spacial score (nSPS) is 11.7. The van der Waals surface area contributed by atoms with Gasteiger partial charge < -0.3 is 15.7 Å². The van der Waals surface area contributed by atoms with Gasteiger partial charge in [-0.15, -0.1) is 0 Å². The Hall–Kier alpha value is -3.68. The maximum atomic E-state index is 12.2. The van der Waals surface area contributed by atoms with E-state index in [4.69, 9.17) is 5.11 Å². The number of nitrogens with zero attached hydrogens (tertiary/aromatic N) is 3. The molecule has 1 atom stereocenters. The molecule has 0 spiro atoms. The van der Waals surface area contributed by atoms with E-state index in [-0.39, 0.29) is 24.9 Å². The lowest BCUT2D eigenvalue weighted by Crippen LogP contribution is -2.26. The van der Waals surface area contributed by atoms with Crippen LogP contribution in [0.15, 0.2) is 48.8 Å². The van der Waals surface area contributed by atoms with E-state index in [1.807, 2.05) is 48.3 Å². The van der Waals surface area contributed by atoms with Gasteiger partial charge in [-0.1, -0.05) is 32.4 Å². The zero-order valence-corrected chi connectivity index (χ0v) is 19.3. The average Bonchev–Trinajstić information content (AvgIpc) is 3.19. The number of amides is 1. The summed E-state index contributed by atoms with van der Waals surface area (Å²) in [6, 6.07) is 11.4. The molecule has 0 saturated heterocycles. The molecule has 3 aromatic rings. The number of carbonyl (C=O) groups is 2. The Morgan fingerprint density at radius 2 is 1.88 bits per heavy atom. The Labute approximate surface area is 194 Å². The number of benzene rings is 1. The molecule has 0 bridgehead atoms. The number of hydrogen-bond donors (Lipinski definition) is 3. The summed E-state index contributed by atoms with van der Waals surface area (Å²) in [6.45, 7) is 6.36. The highest BCUT2D eigenvalue weighted by atomic mass is 16.4. The number of aliphatic carboxylic acids is 1. The number of carboxylic acid groups (broad SMARTS) is 1. The first-order valence-corrected chi connectivity index (χ1v) is 11.3. The fraction of sp³-hybridized carbons (Fsp3) is 0.360. The van der Waals surface area contributed by atoms with Gasteiger partial charge in [-0.25, -0.2) is 9.67 Å². The summed E-state index contributed by atoms with van der Waals surface area (Å²) >= 11 is 0. The van der Waals surface area contributed by atoms with E-state index in [0.29, 0.717) is 5.56 Å². The van der Waals surface area contributed by atoms with Gasteiger partial charge in [0.2, 0.25) is 0 Å². The maximum absolute atomic E-state index is 12.2. The van der Waals surface area contributed by atoms with Crippen molar-refractivity contribution in [2.75, 3.05) is 11.9 Å². The van der Waals surface area contributed by atoms with Gasteiger partial charge in [0.15, 0.2) is 5.82 Å². The smallest absolute Gasteiger partial charge is 0.305 e. The van der Waals surface area contributed by atoms with Crippen molar-refractivity contribution in [1.29, 1.82) is 0 Å². The molecule has 1 aromatic carbocycles. The van der Waals surface area contributed by atoms with Crippen molar-refractivity contribution in [2.24, 2.45) is 0 Å². The Kier molecular flexibility index (Phi) is 8.18. The first-order valence-electron chi connectivity index (χ1n) is 11.3. The number of carboxylic acids is 1. The molecule has 2 aromatic heterocycles. The molecular weight excluding hydrogens is 418 g/mol. The van der Waals surface area contributed by atoms with Crippen LogP contribution in [0.5, 0.6) is 0 Å². The molecule has 0 fully saturated rings. The Morgan fingerprint density at radius 3 is 2.45 bits per heavy atom. The van der Waals surface area contributed by atoms with Crippen LogP contribution in [-0.2, 0) is 11.2 Å². The summed E-state index contributed by atoms with van der Waals surface area (Å²) < 4.78 is 1.81. The number of pyridine rings is 1. The van der Waals surface area contributed by atoms with Gasteiger partial charge in [0.1, 0.15) is 0 Å². The Bertz CT molecular complexity index is 1070. The van der Waals surface area contributed by atoms with Crippen molar-refractivity contribution >= 4 is 17.6 Å². The van der Waals surface area contributed by atoms with Gasteiger partial charge in [-0.05, 0) is 55.2 Å². The molecule has 2 heterocycles. The molecule has 1 unspecified atom stereocenters. The van der Waals surface area contributed by atoms with Crippen molar-refractivity contribution in [2.45, 2.75) is 52.5 Å². The zero-order chi connectivity index (χ0) is 23.8. The maximum Gasteiger partial charge on any atom is 0.305 e. The number of nitrogens with one attached hydrogen (secondary N) is 2. The van der Waals surface area contributed by atoms with Crippen LogP contribution in [0.25, 0.3) is 5.82 Å². The highest BCUT2D eigenvalue weighted by Crippen LogP contribution is 2.24. The van der Waals surface area contributed by atoms with Crippen LogP contribution >= 0.6 is 0 Å². The second-order valence-corrected chi connectivity index (χ2v) is 7.95. The number of aromatic nitrogens is 3. The van der Waals surface area contributed by atoms with Crippen molar-refractivity contribution in [3.8, 4) is 5.82 Å². The van der Waals surface area contributed by atoms with Crippen LogP contribution in [0.2, 0.25) is 0 Å². The van der Waals surface area contributed by atoms with Crippen molar-refractivity contribution in [1.82, 2.24) is 20.1 Å². The van der Waals surface area contributed by atoms with Gasteiger partial charge in [0, 0.05) is 18.3 Å². The molecule has 0 aliphatic carbocycles. The van der Waals surface area contributed by atoms with Gasteiger partial charge >= 0.3 is 5.97 Å². The van der Waals surface area contributed by atoms with E-state index >= 15 is 0 Å². The third-order valence-corrected chi connectivity index (χ3v) is 5.48. The van der Waals surface area contributed by atoms with Crippen molar-refractivity contribution < 1.29 is 14.7 Å². The lowest BCUT2D eigenvalue weighted by Gasteiger charge is -2.20. The lowest BCUT2D eigenvalue weighted by molar-refractivity contribution is -0.136. The number of rotatable bonds is 11. The molecule has 1 amide bonds. The highest BCUT2D eigenvalue weighted by Gasteiger charge is 2.13. The van der Waals surface area contributed by atoms with Gasteiger partial charge in [-0.3, -0.25) is 9.59 Å². The third kappa shape index (κ3) is 6.41. The predicted octanol–water partition coefficient (Wildman–Crippen LogP) is 4.30. The second-order valence-electron chi connectivity index (χ2n) is 7.95. The van der Waals surface area contributed by atoms with Crippen molar-refractivity contribution in [3.63, 3.8) is 0 Å². The molecule has 0 aliphatic heterocycles. The van der Waals surface area contributed by atoms with Gasteiger partial charge in [0.25, 0.3) is 5.91 Å². The minimum Gasteiger partial charge on any atom is -0.481 e. The SMILES string of the molecule is CCCC(Nc1ccc(-n2cc(CC)c(C)n2)nc1)c1ccc(C(=O)NCCC(=O)O)cc1. The van der Waals surface area contributed by atoms with Gasteiger partial charge in [0.05, 0.1) is 30.0 Å². The number of anilines is 1. The first kappa shape index (κ1) is 24.0. The van der Waals surface area contributed by atoms with Gasteiger partial charge in [-0.2, -0.15) is 5.10 Å². The molecular formula is C25H31N5O3. The van der Waals surface area contributed by atoms with Crippen LogP contribution in [0.1, 0.15) is 66.3 Å². The molecule has 3 N–H and O–H groups in total. The third-order valence-electron chi connectivity index (χ3n) is 5.48. The first-order chi connectivity index (χ1) is 15.9. The van der Waals surface area contributed by atoms with E-state index in [0.717, 1.165) is 42.0 Å². The zero-order valence-electron chi connectivity index (χ0n) is 19.3. The lowest BCUT2D eigenvalue weighted by atomic mass is 10.0. The quantitative estimate of drug-likeness (QED) is 0.403. The molecule has 3 rings (SSSR count). The summed E-state index contributed by atoms with van der Waals surface area (Å²) in [5, 5.41) is 19.4. The van der Waals surface area contributed by atoms with E-state index in [2.05, 4.69) is 34.6 Å². The van der Waals surface area contributed by atoms with E-state index < -0.39 is 5.97 Å². The monoisotopic (exact) mass is 449 g/mol. The van der Waals surface area contributed by atoms with Crippen LogP contribution in [0, 0.1) is 6.92 Å². The predicted molar refractivity (Wildman–Crippen MR) is 128 cm³/mol. The van der Waals surface area contributed by atoms with Crippen LogP contribution in [0.3, 0.4) is 0 Å². The minimum absolute atomic E-state index is 0.0745. The summed E-state index contributed by atoms with van der Waals surface area (Å²) in [5.41, 5.74) is 4.71. The van der Waals surface area contributed by atoms with E-state index in [1.54, 1.807) is 12.1 Å². The van der Waals surface area contributed by atoms with Crippen LogP contribution in [-0.4, -0.2) is 38.3 Å². The fourth-order valence-corrected chi connectivity index (χ4v) is 3.63. The van der Waals surface area contributed by atoms with Crippen LogP contribution in [0.4, 0.5) is 5.69 Å². The average molecular weight is 450 g/mol.